The Hall–Kier alpha value is -2.67. The second kappa shape index (κ2) is 9.87. The second-order valence-electron chi connectivity index (χ2n) is 5.58. The highest BCUT2D eigenvalue weighted by atomic mass is 79.9. The van der Waals surface area contributed by atoms with E-state index in [0.717, 1.165) is 0 Å². The minimum atomic E-state index is -0.599. The molecule has 0 amide bonds. The summed E-state index contributed by atoms with van der Waals surface area (Å²) in [5.41, 5.74) is 0.882. The molecule has 0 bridgehead atoms. The number of carbonyl (C=O) groups excluding carboxylic acids is 3. The van der Waals surface area contributed by atoms with E-state index in [4.69, 9.17) is 14.2 Å². The van der Waals surface area contributed by atoms with Crippen LogP contribution in [-0.2, 0) is 9.53 Å². The van der Waals surface area contributed by atoms with Crippen LogP contribution in [0.1, 0.15) is 33.6 Å². The molecule has 27 heavy (non-hydrogen) atoms. The van der Waals surface area contributed by atoms with Crippen molar-refractivity contribution in [3.8, 4) is 11.5 Å². The normalized spacial score (nSPS) is 10.2. The average molecular weight is 435 g/mol. The van der Waals surface area contributed by atoms with Crippen LogP contribution in [0.15, 0.2) is 46.9 Å². The molecule has 0 aromatic heterocycles. The number of methoxy groups -OCH3 is 2. The smallest absolute Gasteiger partial charge is 0.306 e. The van der Waals surface area contributed by atoms with Crippen LogP contribution in [-0.4, -0.2) is 38.4 Å². The van der Waals surface area contributed by atoms with E-state index in [0.29, 0.717) is 27.1 Å². The van der Waals surface area contributed by atoms with Crippen molar-refractivity contribution in [1.82, 2.24) is 0 Å². The van der Waals surface area contributed by atoms with Gasteiger partial charge in [0.1, 0.15) is 11.5 Å². The number of esters is 1. The van der Waals surface area contributed by atoms with E-state index < -0.39 is 5.97 Å². The topological polar surface area (TPSA) is 78.9 Å². The number of hydrogen-bond donors (Lipinski definition) is 0. The van der Waals surface area contributed by atoms with Crippen molar-refractivity contribution in [2.45, 2.75) is 12.8 Å². The maximum atomic E-state index is 12.1. The Labute approximate surface area is 165 Å². The summed E-state index contributed by atoms with van der Waals surface area (Å²) in [6.45, 7) is -0.381. The molecule has 2 rings (SSSR count). The van der Waals surface area contributed by atoms with Gasteiger partial charge in [-0.3, -0.25) is 14.4 Å². The Morgan fingerprint density at radius 3 is 2.11 bits per heavy atom. The maximum Gasteiger partial charge on any atom is 0.306 e. The van der Waals surface area contributed by atoms with Crippen LogP contribution in [0, 0.1) is 0 Å². The number of hydrogen-bond acceptors (Lipinski definition) is 6. The van der Waals surface area contributed by atoms with Gasteiger partial charge in [-0.15, -0.1) is 0 Å². The van der Waals surface area contributed by atoms with E-state index >= 15 is 0 Å². The summed E-state index contributed by atoms with van der Waals surface area (Å²) in [5.74, 6) is 0.126. The van der Waals surface area contributed by atoms with Gasteiger partial charge in [0, 0.05) is 17.5 Å². The predicted molar refractivity (Wildman–Crippen MR) is 103 cm³/mol. The van der Waals surface area contributed by atoms with Crippen LogP contribution in [0.4, 0.5) is 0 Å². The van der Waals surface area contributed by atoms with Crippen molar-refractivity contribution in [3.63, 3.8) is 0 Å². The van der Waals surface area contributed by atoms with Crippen molar-refractivity contribution in [2.75, 3.05) is 20.8 Å². The van der Waals surface area contributed by atoms with Gasteiger partial charge in [0.05, 0.1) is 25.1 Å². The lowest BCUT2D eigenvalue weighted by Gasteiger charge is -2.07. The first-order valence-electron chi connectivity index (χ1n) is 8.14. The van der Waals surface area contributed by atoms with Gasteiger partial charge in [-0.2, -0.15) is 0 Å². The number of ketones is 2. The summed E-state index contributed by atoms with van der Waals surface area (Å²) in [6, 6.07) is 11.5. The van der Waals surface area contributed by atoms with Gasteiger partial charge in [-0.05, 0) is 58.4 Å². The lowest BCUT2D eigenvalue weighted by atomic mass is 10.1. The first-order chi connectivity index (χ1) is 12.9. The third-order valence-electron chi connectivity index (χ3n) is 3.81. The molecule has 2 aromatic carbocycles. The first kappa shape index (κ1) is 20.6. The molecule has 0 saturated heterocycles. The highest BCUT2D eigenvalue weighted by Crippen LogP contribution is 2.25. The molecule has 6 nitrogen and oxygen atoms in total. The predicted octanol–water partition coefficient (Wildman–Crippen LogP) is 3.86. The van der Waals surface area contributed by atoms with Gasteiger partial charge >= 0.3 is 5.97 Å². The van der Waals surface area contributed by atoms with Crippen LogP contribution >= 0.6 is 15.9 Å². The minimum Gasteiger partial charge on any atom is -0.497 e. The van der Waals surface area contributed by atoms with E-state index in [1.807, 2.05) is 0 Å². The summed E-state index contributed by atoms with van der Waals surface area (Å²) in [7, 11) is 3.06. The molecule has 0 radical (unpaired) electrons. The average Bonchev–Trinajstić information content (AvgIpc) is 2.70. The van der Waals surface area contributed by atoms with Crippen molar-refractivity contribution in [1.29, 1.82) is 0 Å². The third-order valence-corrected chi connectivity index (χ3v) is 4.43. The SMILES string of the molecule is COc1ccc(C(=O)CCC(=O)OCC(=O)c2ccc(OC)c(Br)c2)cc1. The lowest BCUT2D eigenvalue weighted by molar-refractivity contribution is -0.142. The van der Waals surface area contributed by atoms with Gasteiger partial charge in [-0.25, -0.2) is 0 Å². The summed E-state index contributed by atoms with van der Waals surface area (Å²) in [5, 5.41) is 0. The van der Waals surface area contributed by atoms with Crippen molar-refractivity contribution < 1.29 is 28.6 Å². The zero-order valence-electron chi connectivity index (χ0n) is 15.0. The Morgan fingerprint density at radius 2 is 1.52 bits per heavy atom. The molecule has 0 aliphatic carbocycles. The molecular formula is C20H19BrO6. The number of rotatable bonds is 9. The number of ether oxygens (including phenoxy) is 3. The quantitative estimate of drug-likeness (QED) is 0.440. The van der Waals surface area contributed by atoms with Crippen molar-refractivity contribution in [3.05, 3.63) is 58.1 Å². The van der Waals surface area contributed by atoms with Gasteiger partial charge in [-0.1, -0.05) is 0 Å². The van der Waals surface area contributed by atoms with Gasteiger partial charge in [0.2, 0.25) is 0 Å². The Balaban J connectivity index is 1.80. The molecule has 0 unspecified atom stereocenters. The van der Waals surface area contributed by atoms with E-state index in [2.05, 4.69) is 15.9 Å². The van der Waals surface area contributed by atoms with E-state index in [1.165, 1.54) is 7.11 Å². The third kappa shape index (κ3) is 5.92. The van der Waals surface area contributed by atoms with Crippen molar-refractivity contribution in [2.24, 2.45) is 0 Å². The fraction of sp³-hybridized carbons (Fsp3) is 0.250. The Bertz CT molecular complexity index is 829. The first-order valence-corrected chi connectivity index (χ1v) is 8.93. The van der Waals surface area contributed by atoms with Crippen molar-refractivity contribution >= 4 is 33.5 Å². The Morgan fingerprint density at radius 1 is 0.852 bits per heavy atom. The van der Waals surface area contributed by atoms with Gasteiger partial charge < -0.3 is 14.2 Å². The fourth-order valence-electron chi connectivity index (χ4n) is 2.28. The number of carbonyl (C=O) groups is 3. The number of halogens is 1. The standard InChI is InChI=1S/C20H19BrO6/c1-25-15-6-3-13(4-7-15)17(22)8-10-20(24)27-12-18(23)14-5-9-19(26-2)16(21)11-14/h3-7,9,11H,8,10,12H2,1-2H3. The van der Waals surface area contributed by atoms with Crippen LogP contribution in [0.3, 0.4) is 0 Å². The lowest BCUT2D eigenvalue weighted by Crippen LogP contribution is -2.15. The molecule has 2 aromatic rings. The second-order valence-corrected chi connectivity index (χ2v) is 6.44. The molecular weight excluding hydrogens is 416 g/mol. The fourth-order valence-corrected chi connectivity index (χ4v) is 2.82. The molecule has 0 atom stereocenters. The van der Waals surface area contributed by atoms with E-state index in [9.17, 15) is 14.4 Å². The van der Waals surface area contributed by atoms with Crippen LogP contribution in [0.25, 0.3) is 0 Å². The molecule has 0 spiro atoms. The number of Topliss-reactive ketones (excluding diaryl/α,β-unsaturated/α-hetero) is 2. The van der Waals surface area contributed by atoms with Gasteiger partial charge in [0.15, 0.2) is 18.2 Å². The van der Waals surface area contributed by atoms with E-state index in [-0.39, 0.29) is 31.0 Å². The van der Waals surface area contributed by atoms with Crippen LogP contribution in [0.5, 0.6) is 11.5 Å². The van der Waals surface area contributed by atoms with Gasteiger partial charge in [0.25, 0.3) is 0 Å². The van der Waals surface area contributed by atoms with Crippen LogP contribution in [0.2, 0.25) is 0 Å². The molecule has 0 aliphatic rings. The summed E-state index contributed by atoms with van der Waals surface area (Å²) in [4.78, 5) is 36.0. The molecule has 142 valence electrons. The summed E-state index contributed by atoms with van der Waals surface area (Å²) >= 11 is 3.30. The zero-order valence-corrected chi connectivity index (χ0v) is 16.6. The molecule has 0 heterocycles. The molecule has 0 fully saturated rings. The Kier molecular flexibility index (Phi) is 7.55. The minimum absolute atomic E-state index is 0.00738. The molecule has 0 aliphatic heterocycles. The zero-order chi connectivity index (χ0) is 19.8. The summed E-state index contributed by atoms with van der Waals surface area (Å²) in [6.07, 6.45) is -0.0854. The molecule has 7 heteroatoms. The van der Waals surface area contributed by atoms with Crippen LogP contribution < -0.4 is 9.47 Å². The maximum absolute atomic E-state index is 12.1. The highest BCUT2D eigenvalue weighted by Gasteiger charge is 2.14. The number of benzene rings is 2. The van der Waals surface area contributed by atoms with E-state index in [1.54, 1.807) is 49.6 Å². The monoisotopic (exact) mass is 434 g/mol. The molecule has 0 saturated carbocycles. The largest absolute Gasteiger partial charge is 0.497 e. The molecule has 0 N–H and O–H groups in total. The summed E-state index contributed by atoms with van der Waals surface area (Å²) < 4.78 is 15.7. The highest BCUT2D eigenvalue weighted by molar-refractivity contribution is 9.10.